The third-order valence-electron chi connectivity index (χ3n) is 3.03. The number of rotatable bonds is 3. The van der Waals surface area contributed by atoms with E-state index in [0.717, 1.165) is 13.0 Å². The highest BCUT2D eigenvalue weighted by molar-refractivity contribution is 6.30. The molecule has 1 aromatic carbocycles. The summed E-state index contributed by atoms with van der Waals surface area (Å²) in [7, 11) is 0. The van der Waals surface area contributed by atoms with Crippen LogP contribution in [-0.4, -0.2) is 25.0 Å². The number of carbonyl (C=O) groups excluding carboxylic acids is 1. The van der Waals surface area contributed by atoms with Gasteiger partial charge in [-0.3, -0.25) is 4.79 Å². The van der Waals surface area contributed by atoms with Gasteiger partial charge in [0.25, 0.3) is 5.91 Å². The van der Waals surface area contributed by atoms with E-state index >= 15 is 0 Å². The normalized spacial score (nSPS) is 19.9. The topological polar surface area (TPSA) is 41.1 Å². The van der Waals surface area contributed by atoms with Crippen LogP contribution >= 0.6 is 11.6 Å². The van der Waals surface area contributed by atoms with Gasteiger partial charge in [0.05, 0.1) is 0 Å². The molecule has 92 valence electrons. The lowest BCUT2D eigenvalue weighted by molar-refractivity contribution is 0.0948. The van der Waals surface area contributed by atoms with Crippen molar-refractivity contribution in [3.05, 3.63) is 34.9 Å². The fraction of sp³-hybridized carbons (Fsp3) is 0.462. The first-order chi connectivity index (χ1) is 8.25. The Balaban J connectivity index is 1.82. The second kappa shape index (κ2) is 6.03. The van der Waals surface area contributed by atoms with Crippen LogP contribution in [0.15, 0.2) is 24.3 Å². The van der Waals surface area contributed by atoms with E-state index in [-0.39, 0.29) is 5.91 Å². The molecule has 1 amide bonds. The fourth-order valence-corrected chi connectivity index (χ4v) is 2.14. The van der Waals surface area contributed by atoms with Gasteiger partial charge in [-0.05, 0) is 43.7 Å². The number of hydrogen-bond donors (Lipinski definition) is 2. The van der Waals surface area contributed by atoms with Crippen molar-refractivity contribution in [2.75, 3.05) is 13.1 Å². The number of nitrogens with one attached hydrogen (secondary N) is 2. The Labute approximate surface area is 107 Å². The van der Waals surface area contributed by atoms with Crippen molar-refractivity contribution < 1.29 is 4.79 Å². The van der Waals surface area contributed by atoms with Crippen LogP contribution in [0.2, 0.25) is 5.02 Å². The summed E-state index contributed by atoms with van der Waals surface area (Å²) in [5, 5.41) is 6.99. The lowest BCUT2D eigenvalue weighted by atomic mass is 10.1. The van der Waals surface area contributed by atoms with Crippen molar-refractivity contribution in [1.82, 2.24) is 10.6 Å². The molecular formula is C13H17ClN2O. The molecule has 1 aliphatic rings. The van der Waals surface area contributed by atoms with Gasteiger partial charge in [0, 0.05) is 23.2 Å². The highest BCUT2D eigenvalue weighted by atomic mass is 35.5. The van der Waals surface area contributed by atoms with Crippen molar-refractivity contribution in [2.45, 2.75) is 25.3 Å². The summed E-state index contributed by atoms with van der Waals surface area (Å²) in [6, 6.07) is 7.36. The minimum Gasteiger partial charge on any atom is -0.350 e. The van der Waals surface area contributed by atoms with Crippen LogP contribution in [0.25, 0.3) is 0 Å². The van der Waals surface area contributed by atoms with Crippen LogP contribution in [0.1, 0.15) is 29.6 Å². The average Bonchev–Trinajstić information content (AvgIpc) is 2.38. The summed E-state index contributed by atoms with van der Waals surface area (Å²) >= 11 is 5.77. The molecule has 1 aromatic rings. The molecule has 1 fully saturated rings. The maximum absolute atomic E-state index is 11.8. The highest BCUT2D eigenvalue weighted by Crippen LogP contribution is 2.10. The Morgan fingerprint density at radius 1 is 1.35 bits per heavy atom. The van der Waals surface area contributed by atoms with E-state index in [2.05, 4.69) is 10.6 Å². The van der Waals surface area contributed by atoms with Gasteiger partial charge >= 0.3 is 0 Å². The summed E-state index contributed by atoms with van der Waals surface area (Å²) in [4.78, 5) is 11.8. The van der Waals surface area contributed by atoms with Crippen molar-refractivity contribution >= 4 is 17.5 Å². The third kappa shape index (κ3) is 3.72. The lowest BCUT2D eigenvalue weighted by Crippen LogP contribution is -2.43. The van der Waals surface area contributed by atoms with Crippen LogP contribution in [0.3, 0.4) is 0 Å². The Bertz CT molecular complexity index is 372. The average molecular weight is 253 g/mol. The summed E-state index contributed by atoms with van der Waals surface area (Å²) in [5.74, 6) is -0.0333. The molecule has 0 spiro atoms. The predicted octanol–water partition coefficient (Wildman–Crippen LogP) is 2.21. The zero-order valence-corrected chi connectivity index (χ0v) is 10.5. The molecule has 0 aromatic heterocycles. The van der Waals surface area contributed by atoms with Crippen LogP contribution in [-0.2, 0) is 0 Å². The smallest absolute Gasteiger partial charge is 0.251 e. The van der Waals surface area contributed by atoms with Gasteiger partial charge in [0.15, 0.2) is 0 Å². The molecule has 4 heteroatoms. The van der Waals surface area contributed by atoms with Gasteiger partial charge in [0.1, 0.15) is 0 Å². The summed E-state index contributed by atoms with van der Waals surface area (Å²) in [6.07, 6.45) is 3.62. The molecule has 0 bridgehead atoms. The van der Waals surface area contributed by atoms with E-state index in [4.69, 9.17) is 11.6 Å². The van der Waals surface area contributed by atoms with Crippen LogP contribution < -0.4 is 10.6 Å². The Morgan fingerprint density at radius 2 is 2.12 bits per heavy atom. The first-order valence-electron chi connectivity index (χ1n) is 6.03. The zero-order valence-electron chi connectivity index (χ0n) is 9.71. The van der Waals surface area contributed by atoms with Gasteiger partial charge in [-0.15, -0.1) is 0 Å². The SMILES string of the molecule is O=C(NCC1CCCCN1)c1ccc(Cl)cc1. The molecule has 0 aliphatic carbocycles. The molecule has 1 saturated heterocycles. The van der Waals surface area contributed by atoms with E-state index in [0.29, 0.717) is 23.2 Å². The van der Waals surface area contributed by atoms with Crippen molar-refractivity contribution in [3.8, 4) is 0 Å². The zero-order chi connectivity index (χ0) is 12.1. The Hall–Kier alpha value is -1.06. The maximum Gasteiger partial charge on any atom is 0.251 e. The monoisotopic (exact) mass is 252 g/mol. The number of piperidine rings is 1. The van der Waals surface area contributed by atoms with Gasteiger partial charge in [-0.2, -0.15) is 0 Å². The minimum atomic E-state index is -0.0333. The highest BCUT2D eigenvalue weighted by Gasteiger charge is 2.13. The number of benzene rings is 1. The number of carbonyl (C=O) groups is 1. The van der Waals surface area contributed by atoms with E-state index in [1.807, 2.05) is 0 Å². The van der Waals surface area contributed by atoms with Crippen molar-refractivity contribution in [1.29, 1.82) is 0 Å². The van der Waals surface area contributed by atoms with E-state index < -0.39 is 0 Å². The first kappa shape index (κ1) is 12.4. The van der Waals surface area contributed by atoms with Gasteiger partial charge in [-0.25, -0.2) is 0 Å². The summed E-state index contributed by atoms with van der Waals surface area (Å²) in [6.45, 7) is 1.75. The summed E-state index contributed by atoms with van der Waals surface area (Å²) < 4.78 is 0. The van der Waals surface area contributed by atoms with Gasteiger partial charge in [-0.1, -0.05) is 18.0 Å². The number of hydrogen-bond acceptors (Lipinski definition) is 2. The van der Waals surface area contributed by atoms with Crippen LogP contribution in [0.4, 0.5) is 0 Å². The molecule has 1 heterocycles. The van der Waals surface area contributed by atoms with Crippen LogP contribution in [0, 0.1) is 0 Å². The fourth-order valence-electron chi connectivity index (χ4n) is 2.02. The second-order valence-electron chi connectivity index (χ2n) is 4.36. The van der Waals surface area contributed by atoms with E-state index in [9.17, 15) is 4.79 Å². The molecule has 3 nitrogen and oxygen atoms in total. The van der Waals surface area contributed by atoms with Gasteiger partial charge < -0.3 is 10.6 Å². The molecule has 1 unspecified atom stereocenters. The molecule has 1 atom stereocenters. The minimum absolute atomic E-state index is 0.0333. The van der Waals surface area contributed by atoms with Gasteiger partial charge in [0.2, 0.25) is 0 Å². The van der Waals surface area contributed by atoms with Crippen LogP contribution in [0.5, 0.6) is 0 Å². The predicted molar refractivity (Wildman–Crippen MR) is 69.4 cm³/mol. The molecule has 0 saturated carbocycles. The number of amides is 1. The Morgan fingerprint density at radius 3 is 2.76 bits per heavy atom. The number of halogens is 1. The molecule has 1 aliphatic heterocycles. The first-order valence-corrected chi connectivity index (χ1v) is 6.40. The second-order valence-corrected chi connectivity index (χ2v) is 4.80. The third-order valence-corrected chi connectivity index (χ3v) is 3.28. The largest absolute Gasteiger partial charge is 0.350 e. The molecule has 2 N–H and O–H groups in total. The van der Waals surface area contributed by atoms with E-state index in [1.165, 1.54) is 12.8 Å². The lowest BCUT2D eigenvalue weighted by Gasteiger charge is -2.23. The maximum atomic E-state index is 11.8. The molecule has 0 radical (unpaired) electrons. The van der Waals surface area contributed by atoms with Crippen molar-refractivity contribution in [3.63, 3.8) is 0 Å². The standard InChI is InChI=1S/C13H17ClN2O/c14-11-6-4-10(5-7-11)13(17)16-9-12-3-1-2-8-15-12/h4-7,12,15H,1-3,8-9H2,(H,16,17). The molecular weight excluding hydrogens is 236 g/mol. The quantitative estimate of drug-likeness (QED) is 0.866. The molecule has 2 rings (SSSR count). The summed E-state index contributed by atoms with van der Waals surface area (Å²) in [5.41, 5.74) is 0.658. The van der Waals surface area contributed by atoms with Crippen molar-refractivity contribution in [2.24, 2.45) is 0 Å². The molecule has 17 heavy (non-hydrogen) atoms. The Kier molecular flexibility index (Phi) is 4.40. The van der Waals surface area contributed by atoms with E-state index in [1.54, 1.807) is 24.3 Å².